The Morgan fingerprint density at radius 2 is 2.00 bits per heavy atom. The van der Waals surface area contributed by atoms with Crippen LogP contribution in [-0.4, -0.2) is 41.4 Å². The Bertz CT molecular complexity index is 959. The summed E-state index contributed by atoms with van der Waals surface area (Å²) in [4.78, 5) is 42.6. The number of anilines is 1. The number of nitrogens with one attached hydrogen (secondary N) is 2. The molecular formula is C20H22N4O4. The number of imide groups is 1. The Balaban J connectivity index is 1.77. The fourth-order valence-electron chi connectivity index (χ4n) is 3.16. The molecule has 1 saturated heterocycles. The zero-order valence-electron chi connectivity index (χ0n) is 16.2. The fourth-order valence-corrected chi connectivity index (χ4v) is 3.16. The number of urea groups is 1. The largest absolute Gasteiger partial charge is 0.496 e. The van der Waals surface area contributed by atoms with E-state index < -0.39 is 29.9 Å². The van der Waals surface area contributed by atoms with Crippen LogP contribution in [-0.2, 0) is 15.1 Å². The molecule has 3 rings (SSSR count). The number of nitrogens with zero attached hydrogens (tertiary/aromatic N) is 2. The number of carbonyl (C=O) groups excluding carboxylic acids is 3. The van der Waals surface area contributed by atoms with Crippen LogP contribution in [0.5, 0.6) is 5.75 Å². The van der Waals surface area contributed by atoms with E-state index in [0.29, 0.717) is 17.1 Å². The topological polar surface area (TPSA) is 101 Å². The van der Waals surface area contributed by atoms with Crippen molar-refractivity contribution in [3.63, 3.8) is 0 Å². The third-order valence-corrected chi connectivity index (χ3v) is 4.73. The number of hydrogen-bond acceptors (Lipinski definition) is 5. The molecule has 0 spiro atoms. The molecule has 0 bridgehead atoms. The highest BCUT2D eigenvalue weighted by Gasteiger charge is 2.49. The van der Waals surface area contributed by atoms with Crippen LogP contribution in [0.1, 0.15) is 23.6 Å². The highest BCUT2D eigenvalue weighted by atomic mass is 16.5. The van der Waals surface area contributed by atoms with Crippen LogP contribution < -0.4 is 15.4 Å². The number of methoxy groups -OCH3 is 1. The van der Waals surface area contributed by atoms with Crippen molar-refractivity contribution in [3.05, 3.63) is 53.2 Å². The third kappa shape index (κ3) is 3.53. The third-order valence-electron chi connectivity index (χ3n) is 4.73. The number of aryl methyl sites for hydroxylation is 2. The van der Waals surface area contributed by atoms with Gasteiger partial charge in [-0.25, -0.2) is 9.78 Å². The van der Waals surface area contributed by atoms with Crippen molar-refractivity contribution in [1.29, 1.82) is 0 Å². The van der Waals surface area contributed by atoms with E-state index in [9.17, 15) is 14.4 Å². The zero-order valence-corrected chi connectivity index (χ0v) is 16.2. The van der Waals surface area contributed by atoms with Crippen LogP contribution in [0.15, 0.2) is 36.5 Å². The molecule has 1 aliphatic heterocycles. The molecule has 0 radical (unpaired) electrons. The summed E-state index contributed by atoms with van der Waals surface area (Å²) < 4.78 is 5.24. The van der Waals surface area contributed by atoms with Gasteiger partial charge in [0.25, 0.3) is 5.91 Å². The van der Waals surface area contributed by atoms with Gasteiger partial charge in [0.05, 0.1) is 7.11 Å². The average Bonchev–Trinajstić information content (AvgIpc) is 2.85. The number of benzene rings is 1. The lowest BCUT2D eigenvalue weighted by Crippen LogP contribution is -2.42. The van der Waals surface area contributed by atoms with Crippen molar-refractivity contribution < 1.29 is 19.1 Å². The predicted molar refractivity (Wildman–Crippen MR) is 103 cm³/mol. The summed E-state index contributed by atoms with van der Waals surface area (Å²) in [7, 11) is 1.57. The second-order valence-electron chi connectivity index (χ2n) is 6.90. The van der Waals surface area contributed by atoms with Crippen molar-refractivity contribution in [2.45, 2.75) is 26.3 Å². The molecule has 2 aromatic rings. The summed E-state index contributed by atoms with van der Waals surface area (Å²) in [5.41, 5.74) is 1.14. The van der Waals surface area contributed by atoms with E-state index in [1.807, 2.05) is 13.8 Å². The summed E-state index contributed by atoms with van der Waals surface area (Å²) in [6.07, 6.45) is 1.57. The van der Waals surface area contributed by atoms with Crippen molar-refractivity contribution in [2.75, 3.05) is 19.0 Å². The van der Waals surface area contributed by atoms with Gasteiger partial charge in [-0.1, -0.05) is 6.07 Å². The standard InChI is InChI=1S/C20H22N4O4/c1-12-7-8-21-16(9-12)22-17(25)11-24-18(26)20(3,23-19(24)27)14-5-6-15(28-4)13(2)10-14/h5-10H,11H2,1-4H3,(H,23,27)(H,21,22,25). The summed E-state index contributed by atoms with van der Waals surface area (Å²) in [6.45, 7) is 4.95. The minimum absolute atomic E-state index is 0.366. The van der Waals surface area contributed by atoms with Gasteiger partial charge in [0.15, 0.2) is 0 Å². The lowest BCUT2D eigenvalue weighted by Gasteiger charge is -2.23. The number of hydrogen-bond donors (Lipinski definition) is 2. The molecule has 1 fully saturated rings. The van der Waals surface area contributed by atoms with Gasteiger partial charge in [0.2, 0.25) is 5.91 Å². The second-order valence-corrected chi connectivity index (χ2v) is 6.90. The lowest BCUT2D eigenvalue weighted by atomic mass is 9.90. The molecule has 0 saturated carbocycles. The van der Waals surface area contributed by atoms with Gasteiger partial charge in [0.1, 0.15) is 23.7 Å². The second kappa shape index (κ2) is 7.30. The molecule has 146 valence electrons. The van der Waals surface area contributed by atoms with Crippen molar-refractivity contribution in [3.8, 4) is 5.75 Å². The van der Waals surface area contributed by atoms with E-state index in [1.165, 1.54) is 0 Å². The predicted octanol–water partition coefficient (Wildman–Crippen LogP) is 2.11. The first-order chi connectivity index (χ1) is 13.2. The highest BCUT2D eigenvalue weighted by molar-refractivity contribution is 6.10. The summed E-state index contributed by atoms with van der Waals surface area (Å²) >= 11 is 0. The van der Waals surface area contributed by atoms with Gasteiger partial charge in [-0.3, -0.25) is 14.5 Å². The van der Waals surface area contributed by atoms with Crippen LogP contribution in [0, 0.1) is 13.8 Å². The molecule has 8 heteroatoms. The van der Waals surface area contributed by atoms with Crippen LogP contribution in [0.2, 0.25) is 0 Å². The quantitative estimate of drug-likeness (QED) is 0.772. The maximum Gasteiger partial charge on any atom is 0.325 e. The van der Waals surface area contributed by atoms with E-state index in [1.54, 1.807) is 50.6 Å². The Morgan fingerprint density at radius 3 is 2.64 bits per heavy atom. The number of carbonyl (C=O) groups is 3. The minimum atomic E-state index is -1.25. The van der Waals surface area contributed by atoms with Gasteiger partial charge in [-0.15, -0.1) is 0 Å². The van der Waals surface area contributed by atoms with E-state index in [0.717, 1.165) is 16.0 Å². The number of ether oxygens (including phenoxy) is 1. The fraction of sp³-hybridized carbons (Fsp3) is 0.300. The molecule has 1 aromatic carbocycles. The smallest absolute Gasteiger partial charge is 0.325 e. The molecule has 2 N–H and O–H groups in total. The molecule has 1 aliphatic rings. The van der Waals surface area contributed by atoms with E-state index in [-0.39, 0.29) is 0 Å². The Kier molecular flexibility index (Phi) is 5.04. The number of pyridine rings is 1. The van der Waals surface area contributed by atoms with Crippen LogP contribution >= 0.6 is 0 Å². The molecule has 28 heavy (non-hydrogen) atoms. The maximum absolute atomic E-state index is 13.0. The molecule has 2 heterocycles. The summed E-state index contributed by atoms with van der Waals surface area (Å²) in [6, 6.07) is 8.15. The molecular weight excluding hydrogens is 360 g/mol. The van der Waals surface area contributed by atoms with Crippen molar-refractivity contribution in [2.24, 2.45) is 0 Å². The number of rotatable bonds is 5. The first-order valence-corrected chi connectivity index (χ1v) is 8.76. The Morgan fingerprint density at radius 1 is 1.25 bits per heavy atom. The van der Waals surface area contributed by atoms with Gasteiger partial charge in [-0.2, -0.15) is 0 Å². The van der Waals surface area contributed by atoms with Crippen LogP contribution in [0.25, 0.3) is 0 Å². The zero-order chi connectivity index (χ0) is 20.5. The average molecular weight is 382 g/mol. The van der Waals surface area contributed by atoms with E-state index in [2.05, 4.69) is 15.6 Å². The SMILES string of the molecule is COc1ccc(C2(C)NC(=O)N(CC(=O)Nc3cc(C)ccn3)C2=O)cc1C. The molecule has 1 atom stereocenters. The Hall–Kier alpha value is -3.42. The van der Waals surface area contributed by atoms with Gasteiger partial charge < -0.3 is 15.4 Å². The van der Waals surface area contributed by atoms with Gasteiger partial charge in [0, 0.05) is 6.20 Å². The Labute approximate surface area is 162 Å². The molecule has 1 unspecified atom stereocenters. The first-order valence-electron chi connectivity index (χ1n) is 8.76. The first kappa shape index (κ1) is 19.3. The van der Waals surface area contributed by atoms with Crippen LogP contribution in [0.4, 0.5) is 10.6 Å². The van der Waals surface area contributed by atoms with Crippen LogP contribution in [0.3, 0.4) is 0 Å². The van der Waals surface area contributed by atoms with E-state index >= 15 is 0 Å². The lowest BCUT2D eigenvalue weighted by molar-refractivity contribution is -0.133. The van der Waals surface area contributed by atoms with Gasteiger partial charge >= 0.3 is 6.03 Å². The van der Waals surface area contributed by atoms with Gasteiger partial charge in [-0.05, 0) is 61.7 Å². The number of amides is 4. The highest BCUT2D eigenvalue weighted by Crippen LogP contribution is 2.31. The minimum Gasteiger partial charge on any atom is -0.496 e. The maximum atomic E-state index is 13.0. The van der Waals surface area contributed by atoms with Crippen molar-refractivity contribution >= 4 is 23.7 Å². The normalized spacial score (nSPS) is 18.8. The molecule has 0 aliphatic carbocycles. The van der Waals surface area contributed by atoms with E-state index in [4.69, 9.17) is 4.74 Å². The monoisotopic (exact) mass is 382 g/mol. The number of aromatic nitrogens is 1. The van der Waals surface area contributed by atoms with Crippen molar-refractivity contribution in [1.82, 2.24) is 15.2 Å². The molecule has 1 aromatic heterocycles. The molecule has 8 nitrogen and oxygen atoms in total. The molecule has 4 amide bonds. The summed E-state index contributed by atoms with van der Waals surface area (Å²) in [5, 5.41) is 5.29. The summed E-state index contributed by atoms with van der Waals surface area (Å²) in [5.74, 6) is 0.0581.